The van der Waals surface area contributed by atoms with Crippen molar-refractivity contribution >= 4 is 0 Å². The molecule has 0 saturated heterocycles. The van der Waals surface area contributed by atoms with Crippen LogP contribution in [0.15, 0.2) is 28.9 Å². The maximum Gasteiger partial charge on any atom is 0.417 e. The van der Waals surface area contributed by atoms with E-state index in [1.807, 2.05) is 6.92 Å². The second kappa shape index (κ2) is 5.62. The second-order valence-electron chi connectivity index (χ2n) is 4.50. The van der Waals surface area contributed by atoms with Crippen LogP contribution in [0.5, 0.6) is 0 Å². The molecule has 2 aromatic heterocycles. The van der Waals surface area contributed by atoms with Gasteiger partial charge in [0.15, 0.2) is 0 Å². The van der Waals surface area contributed by atoms with E-state index in [1.54, 1.807) is 13.0 Å². The number of rotatable bonds is 4. The first-order valence-electron chi connectivity index (χ1n) is 6.05. The van der Waals surface area contributed by atoms with Gasteiger partial charge in [0.25, 0.3) is 0 Å². The number of hydrogen-bond acceptors (Lipinski definition) is 4. The normalized spacial score (nSPS) is 13.4. The Bertz CT molecular complexity index is 563. The third-order valence-corrected chi connectivity index (χ3v) is 2.83. The van der Waals surface area contributed by atoms with Crippen molar-refractivity contribution in [2.45, 2.75) is 32.6 Å². The van der Waals surface area contributed by atoms with Crippen LogP contribution in [-0.2, 0) is 12.7 Å². The zero-order chi connectivity index (χ0) is 14.8. The van der Waals surface area contributed by atoms with E-state index >= 15 is 0 Å². The summed E-state index contributed by atoms with van der Waals surface area (Å²) in [6.07, 6.45) is -3.52. The Hall–Kier alpha value is -1.89. The fraction of sp³-hybridized carbons (Fsp3) is 0.385. The molecule has 7 heteroatoms. The summed E-state index contributed by atoms with van der Waals surface area (Å²) in [5, 5.41) is 6.99. The molecule has 0 aliphatic rings. The summed E-state index contributed by atoms with van der Waals surface area (Å²) in [4.78, 5) is 3.79. The monoisotopic (exact) mass is 285 g/mol. The molecule has 2 rings (SSSR count). The number of alkyl halides is 3. The van der Waals surface area contributed by atoms with Gasteiger partial charge >= 0.3 is 6.18 Å². The number of nitrogens with zero attached hydrogens (tertiary/aromatic N) is 2. The lowest BCUT2D eigenvalue weighted by Gasteiger charge is -2.11. The topological polar surface area (TPSA) is 51.0 Å². The molecule has 0 bridgehead atoms. The van der Waals surface area contributed by atoms with Crippen molar-refractivity contribution in [2.75, 3.05) is 0 Å². The van der Waals surface area contributed by atoms with Crippen LogP contribution in [-0.4, -0.2) is 10.1 Å². The van der Waals surface area contributed by atoms with Crippen LogP contribution < -0.4 is 5.32 Å². The van der Waals surface area contributed by atoms with E-state index in [0.29, 0.717) is 18.0 Å². The summed E-state index contributed by atoms with van der Waals surface area (Å²) in [5.41, 5.74) is 0.529. The number of halogens is 3. The molecule has 0 aliphatic heterocycles. The molecule has 2 heterocycles. The van der Waals surface area contributed by atoms with E-state index in [1.165, 1.54) is 6.07 Å². The molecular weight excluding hydrogens is 271 g/mol. The lowest BCUT2D eigenvalue weighted by Crippen LogP contribution is -2.19. The Kier molecular flexibility index (Phi) is 4.08. The molecule has 0 aliphatic carbocycles. The van der Waals surface area contributed by atoms with Gasteiger partial charge in [0.2, 0.25) is 0 Å². The van der Waals surface area contributed by atoms with Crippen LogP contribution in [0.4, 0.5) is 13.2 Å². The van der Waals surface area contributed by atoms with Crippen molar-refractivity contribution in [3.63, 3.8) is 0 Å². The minimum absolute atomic E-state index is 0.0726. The summed E-state index contributed by atoms with van der Waals surface area (Å²) < 4.78 is 42.1. The molecule has 108 valence electrons. The molecule has 0 amide bonds. The van der Waals surface area contributed by atoms with E-state index < -0.39 is 11.7 Å². The SMILES string of the molecule is Cc1cc(C(C)NCc2ccc(C(F)(F)F)cn2)no1. The molecule has 1 unspecified atom stereocenters. The van der Waals surface area contributed by atoms with Crippen LogP contribution in [0.2, 0.25) is 0 Å². The largest absolute Gasteiger partial charge is 0.417 e. The zero-order valence-electron chi connectivity index (χ0n) is 11.0. The number of aromatic nitrogens is 2. The average molecular weight is 285 g/mol. The Morgan fingerprint density at radius 1 is 1.35 bits per heavy atom. The first kappa shape index (κ1) is 14.5. The van der Waals surface area contributed by atoms with Crippen LogP contribution in [0, 0.1) is 6.92 Å². The molecule has 1 atom stereocenters. The van der Waals surface area contributed by atoms with E-state index in [4.69, 9.17) is 4.52 Å². The summed E-state index contributed by atoms with van der Waals surface area (Å²) in [6, 6.07) is 4.11. The summed E-state index contributed by atoms with van der Waals surface area (Å²) >= 11 is 0. The second-order valence-corrected chi connectivity index (χ2v) is 4.50. The van der Waals surface area contributed by atoms with Crippen LogP contribution in [0.1, 0.15) is 35.7 Å². The minimum atomic E-state index is -4.36. The van der Waals surface area contributed by atoms with Gasteiger partial charge in [0.1, 0.15) is 11.5 Å². The maximum absolute atomic E-state index is 12.4. The molecule has 0 saturated carbocycles. The predicted molar refractivity (Wildman–Crippen MR) is 65.7 cm³/mol. The Morgan fingerprint density at radius 2 is 2.10 bits per heavy atom. The van der Waals surface area contributed by atoms with Crippen molar-refractivity contribution < 1.29 is 17.7 Å². The average Bonchev–Trinajstić information content (AvgIpc) is 2.82. The van der Waals surface area contributed by atoms with Gasteiger partial charge in [-0.2, -0.15) is 13.2 Å². The standard InChI is InChI=1S/C13H14F3N3O/c1-8-5-12(19-20-8)9(2)17-7-11-4-3-10(6-18-11)13(14,15)16/h3-6,9,17H,7H2,1-2H3. The number of pyridine rings is 1. The molecule has 20 heavy (non-hydrogen) atoms. The maximum atomic E-state index is 12.4. The number of nitrogens with one attached hydrogen (secondary N) is 1. The van der Waals surface area contributed by atoms with Gasteiger partial charge in [-0.15, -0.1) is 0 Å². The molecule has 4 nitrogen and oxygen atoms in total. The highest BCUT2D eigenvalue weighted by Crippen LogP contribution is 2.28. The first-order chi connectivity index (χ1) is 9.36. The summed E-state index contributed by atoms with van der Waals surface area (Å²) in [7, 11) is 0. The quantitative estimate of drug-likeness (QED) is 0.937. The van der Waals surface area contributed by atoms with Gasteiger partial charge in [0.05, 0.1) is 17.3 Å². The highest BCUT2D eigenvalue weighted by Gasteiger charge is 2.30. The zero-order valence-corrected chi connectivity index (χ0v) is 11.0. The van der Waals surface area contributed by atoms with Crippen LogP contribution in [0.3, 0.4) is 0 Å². The lowest BCUT2D eigenvalue weighted by atomic mass is 10.2. The smallest absolute Gasteiger partial charge is 0.361 e. The highest BCUT2D eigenvalue weighted by atomic mass is 19.4. The molecule has 0 aromatic carbocycles. The minimum Gasteiger partial charge on any atom is -0.361 e. The number of hydrogen-bond donors (Lipinski definition) is 1. The fourth-order valence-electron chi connectivity index (χ4n) is 1.65. The van der Waals surface area contributed by atoms with Crippen LogP contribution in [0.25, 0.3) is 0 Å². The van der Waals surface area contributed by atoms with Gasteiger partial charge in [-0.3, -0.25) is 4.98 Å². The molecule has 0 radical (unpaired) electrons. The summed E-state index contributed by atoms with van der Waals surface area (Å²) in [6.45, 7) is 4.03. The molecule has 1 N–H and O–H groups in total. The Balaban J connectivity index is 1.94. The highest BCUT2D eigenvalue weighted by molar-refractivity contribution is 5.17. The predicted octanol–water partition coefficient (Wildman–Crippen LogP) is 3.25. The van der Waals surface area contributed by atoms with Crippen molar-refractivity contribution in [3.05, 3.63) is 47.1 Å². The third kappa shape index (κ3) is 3.57. The van der Waals surface area contributed by atoms with Crippen LogP contribution >= 0.6 is 0 Å². The lowest BCUT2D eigenvalue weighted by molar-refractivity contribution is -0.137. The molecule has 0 spiro atoms. The molecular formula is C13H14F3N3O. The molecule has 2 aromatic rings. The van der Waals surface area contributed by atoms with Crippen molar-refractivity contribution in [1.29, 1.82) is 0 Å². The van der Waals surface area contributed by atoms with Gasteiger partial charge < -0.3 is 9.84 Å². The van der Waals surface area contributed by atoms with E-state index in [9.17, 15) is 13.2 Å². The first-order valence-corrected chi connectivity index (χ1v) is 6.05. The Labute approximate surface area is 114 Å². The molecule has 0 fully saturated rings. The van der Waals surface area contributed by atoms with Gasteiger partial charge in [-0.1, -0.05) is 5.16 Å². The fourth-order valence-corrected chi connectivity index (χ4v) is 1.65. The van der Waals surface area contributed by atoms with Gasteiger partial charge in [-0.25, -0.2) is 0 Å². The van der Waals surface area contributed by atoms with Crippen molar-refractivity contribution in [3.8, 4) is 0 Å². The van der Waals surface area contributed by atoms with E-state index in [-0.39, 0.29) is 6.04 Å². The van der Waals surface area contributed by atoms with Crippen molar-refractivity contribution in [1.82, 2.24) is 15.5 Å². The Morgan fingerprint density at radius 3 is 2.60 bits per heavy atom. The van der Waals surface area contributed by atoms with E-state index in [2.05, 4.69) is 15.5 Å². The van der Waals surface area contributed by atoms with E-state index in [0.717, 1.165) is 18.0 Å². The third-order valence-electron chi connectivity index (χ3n) is 2.83. The summed E-state index contributed by atoms with van der Waals surface area (Å²) in [5.74, 6) is 0.710. The number of aryl methyl sites for hydroxylation is 1. The van der Waals surface area contributed by atoms with Gasteiger partial charge in [0, 0.05) is 18.8 Å². The van der Waals surface area contributed by atoms with Crippen molar-refractivity contribution in [2.24, 2.45) is 0 Å². The van der Waals surface area contributed by atoms with Gasteiger partial charge in [-0.05, 0) is 26.0 Å².